The number of hydrogen-bond donors (Lipinski definition) is 2. The molecule has 20 heavy (non-hydrogen) atoms. The number of sulfonamides is 1. The minimum absolute atomic E-state index is 0.222. The summed E-state index contributed by atoms with van der Waals surface area (Å²) in [5.74, 6) is 2.01. The highest BCUT2D eigenvalue weighted by molar-refractivity contribution is 7.89. The summed E-state index contributed by atoms with van der Waals surface area (Å²) in [5.41, 5.74) is 6.15. The summed E-state index contributed by atoms with van der Waals surface area (Å²) in [4.78, 5) is 4.26. The average Bonchev–Trinajstić information content (AvgIpc) is 3.32. The molecule has 1 aromatic heterocycles. The summed E-state index contributed by atoms with van der Waals surface area (Å²) in [6.07, 6.45) is 6.42. The third-order valence-corrected chi connectivity index (χ3v) is 5.69. The Kier molecular flexibility index (Phi) is 3.79. The Balaban J connectivity index is 1.64. The Morgan fingerprint density at radius 3 is 2.35 bits per heavy atom. The van der Waals surface area contributed by atoms with Crippen LogP contribution < -0.4 is 10.5 Å². The fraction of sp³-hybridized carbons (Fsp3) is 0.643. The Labute approximate surface area is 120 Å². The molecule has 3 N–H and O–H groups in total. The Bertz CT molecular complexity index is 551. The lowest BCUT2D eigenvalue weighted by atomic mass is 9.99. The van der Waals surface area contributed by atoms with Gasteiger partial charge in [0.25, 0.3) is 0 Å². The zero-order valence-corrected chi connectivity index (χ0v) is 12.3. The maximum Gasteiger partial charge on any atom is 0.242 e. The van der Waals surface area contributed by atoms with Gasteiger partial charge >= 0.3 is 0 Å². The molecule has 2 aliphatic carbocycles. The van der Waals surface area contributed by atoms with Crippen LogP contribution in [0, 0.1) is 17.8 Å². The molecule has 0 amide bonds. The number of rotatable bonds is 7. The monoisotopic (exact) mass is 295 g/mol. The molecule has 5 nitrogen and oxygen atoms in total. The fourth-order valence-electron chi connectivity index (χ4n) is 2.75. The van der Waals surface area contributed by atoms with E-state index in [1.807, 2.05) is 0 Å². The van der Waals surface area contributed by atoms with Crippen molar-refractivity contribution in [2.75, 3.05) is 6.54 Å². The first-order valence-electron chi connectivity index (χ1n) is 7.25. The van der Waals surface area contributed by atoms with E-state index in [0.29, 0.717) is 24.7 Å². The van der Waals surface area contributed by atoms with E-state index < -0.39 is 10.0 Å². The van der Waals surface area contributed by atoms with Gasteiger partial charge in [-0.15, -0.1) is 0 Å². The molecule has 0 bridgehead atoms. The maximum absolute atomic E-state index is 12.2. The largest absolute Gasteiger partial charge is 0.325 e. The van der Waals surface area contributed by atoms with Gasteiger partial charge in [-0.25, -0.2) is 13.1 Å². The number of nitrogens with zero attached hydrogens (tertiary/aromatic N) is 1. The van der Waals surface area contributed by atoms with Crippen molar-refractivity contribution in [1.82, 2.24) is 9.71 Å². The highest BCUT2D eigenvalue weighted by Gasteiger charge is 2.41. The van der Waals surface area contributed by atoms with Crippen LogP contribution in [0.25, 0.3) is 0 Å². The summed E-state index contributed by atoms with van der Waals surface area (Å²) in [5, 5.41) is 0. The predicted molar refractivity (Wildman–Crippen MR) is 76.3 cm³/mol. The van der Waals surface area contributed by atoms with E-state index in [1.165, 1.54) is 31.9 Å². The third kappa shape index (κ3) is 3.19. The molecule has 2 aliphatic rings. The predicted octanol–water partition coefficient (Wildman–Crippen LogP) is 1.25. The van der Waals surface area contributed by atoms with Crippen LogP contribution in [-0.4, -0.2) is 19.9 Å². The van der Waals surface area contributed by atoms with Crippen molar-refractivity contribution in [2.24, 2.45) is 23.5 Å². The first-order chi connectivity index (χ1) is 9.60. The Morgan fingerprint density at radius 1 is 1.25 bits per heavy atom. The van der Waals surface area contributed by atoms with Gasteiger partial charge in [0.05, 0.1) is 5.69 Å². The van der Waals surface area contributed by atoms with Gasteiger partial charge in [0, 0.05) is 19.3 Å². The lowest BCUT2D eigenvalue weighted by Crippen LogP contribution is -2.31. The van der Waals surface area contributed by atoms with Crippen molar-refractivity contribution in [3.8, 4) is 0 Å². The third-order valence-electron chi connectivity index (χ3n) is 4.28. The van der Waals surface area contributed by atoms with Gasteiger partial charge in [0.1, 0.15) is 4.90 Å². The summed E-state index contributed by atoms with van der Waals surface area (Å²) in [6, 6.07) is 3.23. The molecular weight excluding hydrogens is 274 g/mol. The second-order valence-corrected chi connectivity index (χ2v) is 7.65. The number of pyridine rings is 1. The lowest BCUT2D eigenvalue weighted by Gasteiger charge is -2.16. The minimum Gasteiger partial charge on any atom is -0.325 e. The summed E-state index contributed by atoms with van der Waals surface area (Å²) >= 11 is 0. The zero-order valence-electron chi connectivity index (χ0n) is 11.5. The molecule has 0 radical (unpaired) electrons. The molecule has 0 spiro atoms. The molecule has 3 rings (SSSR count). The van der Waals surface area contributed by atoms with Gasteiger partial charge < -0.3 is 5.73 Å². The molecule has 0 saturated heterocycles. The van der Waals surface area contributed by atoms with Gasteiger partial charge in [-0.2, -0.15) is 0 Å². The smallest absolute Gasteiger partial charge is 0.242 e. The zero-order chi connectivity index (χ0) is 14.2. The highest BCUT2D eigenvalue weighted by Crippen LogP contribution is 2.48. The number of nitrogens with two attached hydrogens (primary N) is 1. The second kappa shape index (κ2) is 5.42. The van der Waals surface area contributed by atoms with Gasteiger partial charge in [0.15, 0.2) is 0 Å². The minimum atomic E-state index is -3.45. The number of nitrogens with one attached hydrogen (secondary N) is 1. The van der Waals surface area contributed by atoms with Gasteiger partial charge in [-0.05, 0) is 55.6 Å². The second-order valence-electron chi connectivity index (χ2n) is 5.88. The van der Waals surface area contributed by atoms with Crippen LogP contribution >= 0.6 is 0 Å². The van der Waals surface area contributed by atoms with Crippen LogP contribution in [0.1, 0.15) is 31.4 Å². The highest BCUT2D eigenvalue weighted by atomic mass is 32.2. The van der Waals surface area contributed by atoms with Crippen molar-refractivity contribution < 1.29 is 8.42 Å². The first kappa shape index (κ1) is 14.0. The SMILES string of the molecule is NCc1ccc(S(=O)(=O)NCC(C2CC2)C2CC2)cn1. The van der Waals surface area contributed by atoms with Crippen molar-refractivity contribution in [2.45, 2.75) is 37.1 Å². The van der Waals surface area contributed by atoms with Crippen LogP contribution in [0.3, 0.4) is 0 Å². The Hall–Kier alpha value is -0.980. The van der Waals surface area contributed by atoms with Gasteiger partial charge in [-0.3, -0.25) is 4.98 Å². The molecule has 1 heterocycles. The number of aromatic nitrogens is 1. The summed E-state index contributed by atoms with van der Waals surface area (Å²) in [7, 11) is -3.45. The van der Waals surface area contributed by atoms with E-state index >= 15 is 0 Å². The molecule has 0 atom stereocenters. The first-order valence-corrected chi connectivity index (χ1v) is 8.73. The molecule has 0 aromatic carbocycles. The van der Waals surface area contributed by atoms with Crippen LogP contribution in [-0.2, 0) is 16.6 Å². The van der Waals surface area contributed by atoms with Crippen molar-refractivity contribution >= 4 is 10.0 Å². The molecular formula is C14H21N3O2S. The van der Waals surface area contributed by atoms with E-state index in [-0.39, 0.29) is 4.90 Å². The Morgan fingerprint density at radius 2 is 1.90 bits per heavy atom. The number of hydrogen-bond acceptors (Lipinski definition) is 4. The van der Waals surface area contributed by atoms with Crippen molar-refractivity contribution in [3.05, 3.63) is 24.0 Å². The topological polar surface area (TPSA) is 85.1 Å². The van der Waals surface area contributed by atoms with Crippen molar-refractivity contribution in [1.29, 1.82) is 0 Å². The average molecular weight is 295 g/mol. The summed E-state index contributed by atoms with van der Waals surface area (Å²) < 4.78 is 27.2. The molecule has 6 heteroatoms. The lowest BCUT2D eigenvalue weighted by molar-refractivity contribution is 0.401. The van der Waals surface area contributed by atoms with Gasteiger partial charge in [-0.1, -0.05) is 0 Å². The van der Waals surface area contributed by atoms with Gasteiger partial charge in [0.2, 0.25) is 10.0 Å². The molecule has 0 aliphatic heterocycles. The fourth-order valence-corrected chi connectivity index (χ4v) is 3.76. The van der Waals surface area contributed by atoms with Crippen molar-refractivity contribution in [3.63, 3.8) is 0 Å². The standard InChI is InChI=1S/C14H21N3O2S/c15-7-12-5-6-13(8-16-12)20(18,19)17-9-14(10-1-2-10)11-3-4-11/h5-6,8,10-11,14,17H,1-4,7,9,15H2. The van der Waals surface area contributed by atoms with Crippen LogP contribution in [0.15, 0.2) is 23.2 Å². The molecule has 1 aromatic rings. The molecule has 0 unspecified atom stereocenters. The van der Waals surface area contributed by atoms with E-state index in [9.17, 15) is 8.42 Å². The van der Waals surface area contributed by atoms with E-state index in [0.717, 1.165) is 11.8 Å². The van der Waals surface area contributed by atoms with E-state index in [2.05, 4.69) is 9.71 Å². The van der Waals surface area contributed by atoms with E-state index in [4.69, 9.17) is 5.73 Å². The maximum atomic E-state index is 12.2. The van der Waals surface area contributed by atoms with Crippen LogP contribution in [0.5, 0.6) is 0 Å². The molecule has 2 saturated carbocycles. The van der Waals surface area contributed by atoms with E-state index in [1.54, 1.807) is 12.1 Å². The van der Waals surface area contributed by atoms with Crippen LogP contribution in [0.4, 0.5) is 0 Å². The molecule has 2 fully saturated rings. The molecule has 110 valence electrons. The normalized spacial score (nSPS) is 19.5. The van der Waals surface area contributed by atoms with Crippen LogP contribution in [0.2, 0.25) is 0 Å². The quantitative estimate of drug-likeness (QED) is 0.793. The summed E-state index contributed by atoms with van der Waals surface area (Å²) in [6.45, 7) is 0.884.